The van der Waals surface area contributed by atoms with Crippen LogP contribution in [0.4, 0.5) is 0 Å². The number of hydrogen-bond acceptors (Lipinski definition) is 5. The number of pyridine rings is 1. The minimum absolute atomic E-state index is 0.255. The number of esters is 1. The average Bonchev–Trinajstić information content (AvgIpc) is 3.31. The molecule has 0 aliphatic carbocycles. The van der Waals surface area contributed by atoms with Gasteiger partial charge >= 0.3 is 5.97 Å². The lowest BCUT2D eigenvalue weighted by Crippen LogP contribution is -2.07. The van der Waals surface area contributed by atoms with Crippen LogP contribution in [0.1, 0.15) is 21.9 Å². The second-order valence-corrected chi connectivity index (χ2v) is 7.41. The number of ether oxygens (including phenoxy) is 1. The molecule has 0 unspecified atom stereocenters. The van der Waals surface area contributed by atoms with E-state index in [4.69, 9.17) is 16.3 Å². The fraction of sp³-hybridized carbons (Fsp3) is 0.150. The highest BCUT2D eigenvalue weighted by atomic mass is 35.5. The maximum atomic E-state index is 11.8. The molecule has 3 heterocycles. The summed E-state index contributed by atoms with van der Waals surface area (Å²) in [6.07, 6.45) is 0. The summed E-state index contributed by atoms with van der Waals surface area (Å²) in [5.41, 5.74) is 3.67. The second-order valence-electron chi connectivity index (χ2n) is 6.06. The molecule has 0 saturated carbocycles. The Morgan fingerprint density at radius 1 is 1.22 bits per heavy atom. The van der Waals surface area contributed by atoms with Gasteiger partial charge in [0.2, 0.25) is 0 Å². The molecule has 7 heteroatoms. The van der Waals surface area contributed by atoms with Gasteiger partial charge in [0.15, 0.2) is 11.3 Å². The third-order valence-corrected chi connectivity index (χ3v) is 5.64. The first-order valence-corrected chi connectivity index (χ1v) is 9.57. The van der Waals surface area contributed by atoms with Crippen LogP contribution in [0.5, 0.6) is 0 Å². The molecule has 0 amide bonds. The predicted molar refractivity (Wildman–Crippen MR) is 107 cm³/mol. The summed E-state index contributed by atoms with van der Waals surface area (Å²) in [7, 11) is 1.34. The smallest absolute Gasteiger partial charge is 0.356 e. The van der Waals surface area contributed by atoms with E-state index < -0.39 is 5.97 Å². The van der Waals surface area contributed by atoms with Crippen LogP contribution in [0, 0.1) is 6.92 Å². The number of nitrogens with zero attached hydrogens (tertiary/aromatic N) is 3. The molecule has 4 rings (SSSR count). The largest absolute Gasteiger partial charge is 0.464 e. The van der Waals surface area contributed by atoms with Crippen LogP contribution in [0.15, 0.2) is 47.8 Å². The Bertz CT molecular complexity index is 1140. The molecule has 3 aromatic heterocycles. The number of aromatic nitrogens is 3. The van der Waals surface area contributed by atoms with Crippen molar-refractivity contribution in [2.24, 2.45) is 0 Å². The first-order chi connectivity index (χ1) is 13.1. The van der Waals surface area contributed by atoms with Crippen molar-refractivity contribution in [3.05, 3.63) is 69.9 Å². The van der Waals surface area contributed by atoms with Gasteiger partial charge < -0.3 is 9.30 Å². The van der Waals surface area contributed by atoms with Crippen molar-refractivity contribution in [3.63, 3.8) is 0 Å². The number of carbonyl (C=O) groups excluding carboxylic acids is 1. The molecule has 0 aliphatic rings. The third kappa shape index (κ3) is 3.34. The number of hydrogen-bond donors (Lipinski definition) is 0. The predicted octanol–water partition coefficient (Wildman–Crippen LogP) is 4.96. The van der Waals surface area contributed by atoms with Crippen molar-refractivity contribution >= 4 is 40.1 Å². The topological polar surface area (TPSA) is 57.0 Å². The van der Waals surface area contributed by atoms with Crippen LogP contribution in [0.2, 0.25) is 5.02 Å². The van der Waals surface area contributed by atoms with Crippen LogP contribution < -0.4 is 0 Å². The monoisotopic (exact) mass is 397 g/mol. The number of benzene rings is 1. The molecule has 0 fully saturated rings. The number of fused-ring (bicyclic) bond motifs is 1. The normalized spacial score (nSPS) is 11.1. The van der Waals surface area contributed by atoms with Crippen molar-refractivity contribution in [2.45, 2.75) is 13.5 Å². The second kappa shape index (κ2) is 7.13. The van der Waals surface area contributed by atoms with E-state index in [1.807, 2.05) is 35.1 Å². The number of halogens is 1. The van der Waals surface area contributed by atoms with E-state index in [0.717, 1.165) is 22.5 Å². The molecule has 0 bridgehead atoms. The summed E-state index contributed by atoms with van der Waals surface area (Å²) in [5, 5.41) is 2.73. The van der Waals surface area contributed by atoms with Gasteiger partial charge in [-0.15, -0.1) is 11.3 Å². The molecule has 0 radical (unpaired) electrons. The van der Waals surface area contributed by atoms with Crippen molar-refractivity contribution in [2.75, 3.05) is 7.11 Å². The minimum Gasteiger partial charge on any atom is -0.464 e. The molecule has 0 atom stereocenters. The highest BCUT2D eigenvalue weighted by Gasteiger charge is 2.15. The molecular formula is C20H16ClN3O2S. The van der Waals surface area contributed by atoms with Crippen LogP contribution in [-0.2, 0) is 11.3 Å². The van der Waals surface area contributed by atoms with E-state index in [2.05, 4.69) is 22.1 Å². The van der Waals surface area contributed by atoms with Crippen molar-refractivity contribution in [3.8, 4) is 10.4 Å². The number of methoxy groups -OCH3 is 1. The zero-order chi connectivity index (χ0) is 19.0. The zero-order valence-corrected chi connectivity index (χ0v) is 16.3. The lowest BCUT2D eigenvalue weighted by molar-refractivity contribution is 0.0594. The van der Waals surface area contributed by atoms with Gasteiger partial charge in [-0.25, -0.2) is 14.8 Å². The quantitative estimate of drug-likeness (QED) is 0.457. The van der Waals surface area contributed by atoms with Crippen LogP contribution in [0.3, 0.4) is 0 Å². The number of imidazole rings is 1. The number of carbonyl (C=O) groups is 1. The molecule has 5 nitrogen and oxygen atoms in total. The van der Waals surface area contributed by atoms with Crippen LogP contribution in [0.25, 0.3) is 21.6 Å². The standard InChI is InChI=1S/C20H16ClN3O2S/c1-12-22-16-7-8-17(20(25)26-2)23-19(16)24(12)11-14-6-5-13(10-15(14)21)18-4-3-9-27-18/h3-10H,11H2,1-2H3. The van der Waals surface area contributed by atoms with E-state index in [1.165, 1.54) is 12.0 Å². The Hall–Kier alpha value is -2.70. The number of aryl methyl sites for hydroxylation is 1. The lowest BCUT2D eigenvalue weighted by atomic mass is 10.1. The van der Waals surface area contributed by atoms with Gasteiger partial charge in [0.05, 0.1) is 13.7 Å². The Kier molecular flexibility index (Phi) is 4.68. The Labute approximate surface area is 165 Å². The highest BCUT2D eigenvalue weighted by molar-refractivity contribution is 7.13. The maximum Gasteiger partial charge on any atom is 0.356 e. The van der Waals surface area contributed by atoms with Crippen molar-refractivity contribution in [1.29, 1.82) is 0 Å². The molecule has 27 heavy (non-hydrogen) atoms. The molecule has 0 spiro atoms. The van der Waals surface area contributed by atoms with Crippen molar-refractivity contribution in [1.82, 2.24) is 14.5 Å². The van der Waals surface area contributed by atoms with E-state index in [9.17, 15) is 4.79 Å². The summed E-state index contributed by atoms with van der Waals surface area (Å²) in [5.74, 6) is 0.332. The molecular weight excluding hydrogens is 382 g/mol. The first kappa shape index (κ1) is 17.7. The van der Waals surface area contributed by atoms with Gasteiger partial charge in [0.25, 0.3) is 0 Å². The van der Waals surface area contributed by atoms with Gasteiger partial charge in [-0.05, 0) is 47.7 Å². The van der Waals surface area contributed by atoms with E-state index in [0.29, 0.717) is 17.2 Å². The van der Waals surface area contributed by atoms with Gasteiger partial charge in [0.1, 0.15) is 11.3 Å². The SMILES string of the molecule is COC(=O)c1ccc2nc(C)n(Cc3ccc(-c4cccs4)cc3Cl)c2n1. The summed E-state index contributed by atoms with van der Waals surface area (Å²) in [4.78, 5) is 21.9. The first-order valence-electron chi connectivity index (χ1n) is 8.31. The van der Waals surface area contributed by atoms with E-state index in [1.54, 1.807) is 23.5 Å². The third-order valence-electron chi connectivity index (χ3n) is 4.36. The summed E-state index contributed by atoms with van der Waals surface area (Å²) >= 11 is 8.23. The van der Waals surface area contributed by atoms with Crippen LogP contribution in [-0.4, -0.2) is 27.6 Å². The fourth-order valence-corrected chi connectivity index (χ4v) is 3.93. The Morgan fingerprint density at radius 2 is 2.07 bits per heavy atom. The number of thiophene rings is 1. The zero-order valence-electron chi connectivity index (χ0n) is 14.8. The fourth-order valence-electron chi connectivity index (χ4n) is 2.96. The van der Waals surface area contributed by atoms with Gasteiger partial charge in [-0.3, -0.25) is 0 Å². The molecule has 136 valence electrons. The Morgan fingerprint density at radius 3 is 2.78 bits per heavy atom. The minimum atomic E-state index is -0.472. The maximum absolute atomic E-state index is 11.8. The van der Waals surface area contributed by atoms with Crippen LogP contribution >= 0.6 is 22.9 Å². The summed E-state index contributed by atoms with van der Waals surface area (Å²) in [6.45, 7) is 2.43. The van der Waals surface area contributed by atoms with Gasteiger partial charge in [-0.1, -0.05) is 29.8 Å². The molecule has 1 aromatic carbocycles. The summed E-state index contributed by atoms with van der Waals surface area (Å²) < 4.78 is 6.72. The highest BCUT2D eigenvalue weighted by Crippen LogP contribution is 2.30. The molecule has 4 aromatic rings. The molecule has 0 N–H and O–H groups in total. The van der Waals surface area contributed by atoms with Gasteiger partial charge in [-0.2, -0.15) is 0 Å². The molecule has 0 aliphatic heterocycles. The number of rotatable bonds is 4. The lowest BCUT2D eigenvalue weighted by Gasteiger charge is -2.10. The van der Waals surface area contributed by atoms with Gasteiger partial charge in [0, 0.05) is 9.90 Å². The van der Waals surface area contributed by atoms with Crippen molar-refractivity contribution < 1.29 is 9.53 Å². The Balaban J connectivity index is 1.72. The van der Waals surface area contributed by atoms with E-state index in [-0.39, 0.29) is 5.69 Å². The average molecular weight is 398 g/mol. The summed E-state index contributed by atoms with van der Waals surface area (Å²) in [6, 6.07) is 13.6. The molecule has 0 saturated heterocycles. The van der Waals surface area contributed by atoms with E-state index >= 15 is 0 Å².